The zero-order valence-corrected chi connectivity index (χ0v) is 6.26. The monoisotopic (exact) mass is 150 g/mol. The molecule has 1 rings (SSSR count). The first-order valence-electron chi connectivity index (χ1n) is 3.26. The third-order valence-corrected chi connectivity index (χ3v) is 1.60. The maximum Gasteiger partial charge on any atom is 0.123 e. The van der Waals surface area contributed by atoms with Crippen molar-refractivity contribution in [1.82, 2.24) is 0 Å². The van der Waals surface area contributed by atoms with Crippen molar-refractivity contribution in [2.45, 2.75) is 6.92 Å². The number of hydrogen-bond acceptors (Lipinski definition) is 2. The first-order chi connectivity index (χ1) is 5.13. The number of phenolic OH excluding ortho intramolecular Hbond substituents is 1. The largest absolute Gasteiger partial charge is 0.508 e. The molecular weight excluding hydrogens is 140 g/mol. The minimum Gasteiger partial charge on any atom is -0.508 e. The molecule has 0 atom stereocenters. The van der Waals surface area contributed by atoms with Crippen molar-refractivity contribution in [3.63, 3.8) is 0 Å². The van der Waals surface area contributed by atoms with Gasteiger partial charge in [-0.05, 0) is 13.0 Å². The van der Waals surface area contributed by atoms with Crippen molar-refractivity contribution < 1.29 is 5.11 Å². The number of nitrogen functional groups attached to an aromatic ring is 1. The number of amidine groups is 1. The van der Waals surface area contributed by atoms with Gasteiger partial charge in [0.15, 0.2) is 0 Å². The van der Waals surface area contributed by atoms with Gasteiger partial charge in [-0.1, -0.05) is 12.1 Å². The van der Waals surface area contributed by atoms with Gasteiger partial charge in [0.05, 0.1) is 0 Å². The molecule has 0 aliphatic heterocycles. The standard InChI is InChI=1S/C8H10N2O/c1-5-6(8(9)10)3-2-4-7(5)11/h2-4,11H,1H3,(H3,9,10). The van der Waals surface area contributed by atoms with E-state index in [0.29, 0.717) is 11.1 Å². The van der Waals surface area contributed by atoms with Gasteiger partial charge in [0.25, 0.3) is 0 Å². The van der Waals surface area contributed by atoms with Crippen LogP contribution < -0.4 is 5.73 Å². The van der Waals surface area contributed by atoms with Crippen molar-refractivity contribution in [2.75, 3.05) is 0 Å². The lowest BCUT2D eigenvalue weighted by atomic mass is 10.1. The second kappa shape index (κ2) is 2.62. The summed E-state index contributed by atoms with van der Waals surface area (Å²) in [6, 6.07) is 4.94. The van der Waals surface area contributed by atoms with Gasteiger partial charge in [-0.2, -0.15) is 0 Å². The van der Waals surface area contributed by atoms with E-state index in [9.17, 15) is 5.11 Å². The van der Waals surface area contributed by atoms with E-state index in [1.807, 2.05) is 0 Å². The molecule has 4 N–H and O–H groups in total. The number of benzene rings is 1. The van der Waals surface area contributed by atoms with E-state index in [2.05, 4.69) is 0 Å². The molecule has 0 saturated heterocycles. The molecular formula is C8H10N2O. The maximum absolute atomic E-state index is 9.20. The van der Waals surface area contributed by atoms with E-state index < -0.39 is 0 Å². The van der Waals surface area contributed by atoms with Gasteiger partial charge in [0.1, 0.15) is 11.6 Å². The molecule has 0 unspecified atom stereocenters. The predicted octanol–water partition coefficient (Wildman–Crippen LogP) is 0.985. The lowest BCUT2D eigenvalue weighted by molar-refractivity contribution is 0.471. The highest BCUT2D eigenvalue weighted by atomic mass is 16.3. The van der Waals surface area contributed by atoms with E-state index in [4.69, 9.17) is 11.1 Å². The number of rotatable bonds is 1. The zero-order valence-electron chi connectivity index (χ0n) is 6.26. The molecule has 0 aliphatic rings. The van der Waals surface area contributed by atoms with Crippen molar-refractivity contribution in [1.29, 1.82) is 5.41 Å². The minimum atomic E-state index is -0.0154. The van der Waals surface area contributed by atoms with Gasteiger partial charge in [-0.3, -0.25) is 5.41 Å². The highest BCUT2D eigenvalue weighted by Crippen LogP contribution is 2.18. The lowest BCUT2D eigenvalue weighted by Gasteiger charge is -2.03. The molecule has 0 amide bonds. The molecule has 0 saturated carbocycles. The first kappa shape index (κ1) is 7.60. The molecule has 1 aromatic carbocycles. The van der Waals surface area contributed by atoms with Gasteiger partial charge in [-0.15, -0.1) is 0 Å². The summed E-state index contributed by atoms with van der Waals surface area (Å²) >= 11 is 0. The van der Waals surface area contributed by atoms with Gasteiger partial charge in [0, 0.05) is 11.1 Å². The summed E-state index contributed by atoms with van der Waals surface area (Å²) in [5, 5.41) is 16.3. The Bertz CT molecular complexity index is 294. The average Bonchev–Trinajstić information content (AvgIpc) is 1.94. The Morgan fingerprint density at radius 2 is 2.18 bits per heavy atom. The number of nitrogens with two attached hydrogens (primary N) is 1. The molecule has 0 radical (unpaired) electrons. The Hall–Kier alpha value is -1.51. The SMILES string of the molecule is Cc1c(O)cccc1C(=N)N. The Labute approximate surface area is 65.0 Å². The van der Waals surface area contributed by atoms with Crippen molar-refractivity contribution in [2.24, 2.45) is 5.73 Å². The van der Waals surface area contributed by atoms with Crippen LogP contribution >= 0.6 is 0 Å². The number of nitrogens with one attached hydrogen (secondary N) is 1. The average molecular weight is 150 g/mol. The van der Waals surface area contributed by atoms with Crippen LogP contribution in [0.2, 0.25) is 0 Å². The van der Waals surface area contributed by atoms with Crippen LogP contribution in [0.3, 0.4) is 0 Å². The quantitative estimate of drug-likeness (QED) is 0.412. The van der Waals surface area contributed by atoms with Crippen molar-refractivity contribution in [3.05, 3.63) is 29.3 Å². The fourth-order valence-electron chi connectivity index (χ4n) is 0.915. The molecule has 0 heterocycles. The lowest BCUT2D eigenvalue weighted by Crippen LogP contribution is -2.12. The number of aromatic hydroxyl groups is 1. The Balaban J connectivity index is 3.27. The van der Waals surface area contributed by atoms with Crippen LogP contribution in [-0.2, 0) is 0 Å². The topological polar surface area (TPSA) is 70.1 Å². The van der Waals surface area contributed by atoms with Crippen LogP contribution in [0.15, 0.2) is 18.2 Å². The highest BCUT2D eigenvalue weighted by molar-refractivity contribution is 5.96. The van der Waals surface area contributed by atoms with Gasteiger partial charge >= 0.3 is 0 Å². The molecule has 0 bridgehead atoms. The van der Waals surface area contributed by atoms with Gasteiger partial charge in [0.2, 0.25) is 0 Å². The Morgan fingerprint density at radius 1 is 1.55 bits per heavy atom. The number of phenols is 1. The molecule has 3 nitrogen and oxygen atoms in total. The summed E-state index contributed by atoms with van der Waals surface area (Å²) in [6.07, 6.45) is 0. The van der Waals surface area contributed by atoms with Crippen LogP contribution in [0.4, 0.5) is 0 Å². The smallest absolute Gasteiger partial charge is 0.123 e. The van der Waals surface area contributed by atoms with Crippen LogP contribution in [0, 0.1) is 12.3 Å². The summed E-state index contributed by atoms with van der Waals surface area (Å²) in [5.74, 6) is 0.163. The summed E-state index contributed by atoms with van der Waals surface area (Å²) < 4.78 is 0. The summed E-state index contributed by atoms with van der Waals surface area (Å²) in [7, 11) is 0. The van der Waals surface area contributed by atoms with Crippen molar-refractivity contribution in [3.8, 4) is 5.75 Å². The minimum absolute atomic E-state index is 0.0154. The van der Waals surface area contributed by atoms with Crippen LogP contribution in [0.5, 0.6) is 5.75 Å². The van der Waals surface area contributed by atoms with Crippen molar-refractivity contribution >= 4 is 5.84 Å². The summed E-state index contributed by atoms with van der Waals surface area (Å²) in [6.45, 7) is 1.73. The molecule has 0 aliphatic carbocycles. The highest BCUT2D eigenvalue weighted by Gasteiger charge is 2.03. The summed E-state index contributed by atoms with van der Waals surface area (Å²) in [5.41, 5.74) is 6.50. The maximum atomic E-state index is 9.20. The second-order valence-corrected chi connectivity index (χ2v) is 2.36. The van der Waals surface area contributed by atoms with Crippen LogP contribution in [0.1, 0.15) is 11.1 Å². The molecule has 1 aromatic rings. The number of hydrogen-bond donors (Lipinski definition) is 3. The molecule has 0 spiro atoms. The fraction of sp³-hybridized carbons (Fsp3) is 0.125. The van der Waals surface area contributed by atoms with E-state index >= 15 is 0 Å². The first-order valence-corrected chi connectivity index (χ1v) is 3.26. The third-order valence-electron chi connectivity index (χ3n) is 1.60. The van der Waals surface area contributed by atoms with Crippen LogP contribution in [-0.4, -0.2) is 10.9 Å². The molecule has 3 heteroatoms. The Kier molecular flexibility index (Phi) is 1.81. The second-order valence-electron chi connectivity index (χ2n) is 2.36. The van der Waals surface area contributed by atoms with Crippen LogP contribution in [0.25, 0.3) is 0 Å². The van der Waals surface area contributed by atoms with Gasteiger partial charge < -0.3 is 10.8 Å². The molecule has 0 fully saturated rings. The van der Waals surface area contributed by atoms with E-state index in [0.717, 1.165) is 0 Å². The van der Waals surface area contributed by atoms with E-state index in [-0.39, 0.29) is 11.6 Å². The molecule has 11 heavy (non-hydrogen) atoms. The van der Waals surface area contributed by atoms with Gasteiger partial charge in [-0.25, -0.2) is 0 Å². The third kappa shape index (κ3) is 1.32. The Morgan fingerprint density at radius 3 is 2.64 bits per heavy atom. The van der Waals surface area contributed by atoms with E-state index in [1.165, 1.54) is 0 Å². The molecule has 0 aromatic heterocycles. The summed E-state index contributed by atoms with van der Waals surface area (Å²) in [4.78, 5) is 0. The zero-order chi connectivity index (χ0) is 8.43. The van der Waals surface area contributed by atoms with E-state index in [1.54, 1.807) is 25.1 Å². The predicted molar refractivity (Wildman–Crippen MR) is 43.9 cm³/mol. The fourth-order valence-corrected chi connectivity index (χ4v) is 0.915. The normalized spacial score (nSPS) is 9.55. The molecule has 58 valence electrons.